The Morgan fingerprint density at radius 1 is 1.40 bits per heavy atom. The number of carbonyl (C=O) groups is 2. The molecule has 10 heteroatoms. The average molecular weight is 470 g/mol. The second kappa shape index (κ2) is 9.96. The van der Waals surface area contributed by atoms with E-state index in [-0.39, 0.29) is 17.9 Å². The number of anilines is 1. The minimum atomic E-state index is -0.643. The van der Waals surface area contributed by atoms with Crippen molar-refractivity contribution in [1.82, 2.24) is 20.9 Å². The molecule has 0 bridgehead atoms. The SMILES string of the molecule is Cc1nc(N)ccc1CNC(=O)C(C)NC(=O)[C@H]1C[C@H](Cc2cc(Cl)c(Cl)s2)CN1. The van der Waals surface area contributed by atoms with E-state index in [1.165, 1.54) is 11.3 Å². The minimum Gasteiger partial charge on any atom is -0.384 e. The number of aryl methyl sites for hydroxylation is 1. The Kier molecular flexibility index (Phi) is 7.57. The van der Waals surface area contributed by atoms with Gasteiger partial charge >= 0.3 is 0 Å². The van der Waals surface area contributed by atoms with Gasteiger partial charge in [0.15, 0.2) is 0 Å². The monoisotopic (exact) mass is 469 g/mol. The van der Waals surface area contributed by atoms with Gasteiger partial charge < -0.3 is 21.7 Å². The molecule has 0 aromatic carbocycles. The van der Waals surface area contributed by atoms with Gasteiger partial charge in [-0.1, -0.05) is 29.3 Å². The zero-order valence-electron chi connectivity index (χ0n) is 16.8. The van der Waals surface area contributed by atoms with Gasteiger partial charge in [0.1, 0.15) is 16.2 Å². The van der Waals surface area contributed by atoms with E-state index in [0.717, 1.165) is 29.1 Å². The smallest absolute Gasteiger partial charge is 0.242 e. The maximum atomic E-state index is 12.6. The van der Waals surface area contributed by atoms with Gasteiger partial charge in [-0.15, -0.1) is 11.3 Å². The van der Waals surface area contributed by atoms with E-state index >= 15 is 0 Å². The van der Waals surface area contributed by atoms with Gasteiger partial charge in [-0.25, -0.2) is 4.98 Å². The summed E-state index contributed by atoms with van der Waals surface area (Å²) in [7, 11) is 0. The lowest BCUT2D eigenvalue weighted by atomic mass is 10.0. The van der Waals surface area contributed by atoms with Crippen molar-refractivity contribution < 1.29 is 9.59 Å². The van der Waals surface area contributed by atoms with E-state index in [9.17, 15) is 9.59 Å². The van der Waals surface area contributed by atoms with Crippen LogP contribution in [0.3, 0.4) is 0 Å². The summed E-state index contributed by atoms with van der Waals surface area (Å²) in [6.07, 6.45) is 1.52. The first-order valence-electron chi connectivity index (χ1n) is 9.70. The molecule has 7 nitrogen and oxygen atoms in total. The van der Waals surface area contributed by atoms with E-state index in [1.54, 1.807) is 13.0 Å². The molecule has 2 amide bonds. The van der Waals surface area contributed by atoms with Crippen molar-refractivity contribution in [2.75, 3.05) is 12.3 Å². The Morgan fingerprint density at radius 2 is 2.17 bits per heavy atom. The van der Waals surface area contributed by atoms with Crippen LogP contribution in [-0.2, 0) is 22.6 Å². The number of thiophene rings is 1. The fourth-order valence-corrected chi connectivity index (χ4v) is 5.00. The minimum absolute atomic E-state index is 0.173. The van der Waals surface area contributed by atoms with E-state index in [0.29, 0.717) is 34.1 Å². The second-order valence-electron chi connectivity index (χ2n) is 7.53. The summed E-state index contributed by atoms with van der Waals surface area (Å²) in [4.78, 5) is 30.2. The summed E-state index contributed by atoms with van der Waals surface area (Å²) in [6, 6.07) is 4.44. The van der Waals surface area contributed by atoms with Gasteiger partial charge in [0.25, 0.3) is 0 Å². The van der Waals surface area contributed by atoms with Gasteiger partial charge in [0.05, 0.1) is 11.1 Å². The number of nitrogens with one attached hydrogen (secondary N) is 3. The van der Waals surface area contributed by atoms with E-state index < -0.39 is 6.04 Å². The van der Waals surface area contributed by atoms with Crippen molar-refractivity contribution in [3.05, 3.63) is 43.7 Å². The maximum absolute atomic E-state index is 12.6. The number of carbonyl (C=O) groups excluding carboxylic acids is 2. The molecule has 1 aliphatic rings. The molecule has 0 aliphatic carbocycles. The molecule has 1 aliphatic heterocycles. The largest absolute Gasteiger partial charge is 0.384 e. The maximum Gasteiger partial charge on any atom is 0.242 e. The summed E-state index contributed by atoms with van der Waals surface area (Å²) >= 11 is 13.5. The van der Waals surface area contributed by atoms with Crippen molar-refractivity contribution in [2.45, 2.75) is 45.3 Å². The number of halogens is 2. The normalized spacial score (nSPS) is 19.5. The molecule has 162 valence electrons. The predicted octanol–water partition coefficient (Wildman–Crippen LogP) is 2.68. The van der Waals surface area contributed by atoms with Crippen LogP contribution in [0.1, 0.15) is 29.5 Å². The standard InChI is InChI=1S/C20H25Cl2N5O2S/c1-10-13(3-4-17(23)26-10)9-25-19(28)11(2)27-20(29)16-6-12(8-24-16)5-14-7-15(21)18(22)30-14/h3-4,7,11-12,16,24H,5-6,8-9H2,1-2H3,(H2,23,26)(H,25,28)(H,27,29)/t11?,12-,16+/m0/s1. The first-order valence-corrected chi connectivity index (χ1v) is 11.3. The molecule has 1 saturated heterocycles. The molecule has 30 heavy (non-hydrogen) atoms. The van der Waals surface area contributed by atoms with Crippen LogP contribution in [0.4, 0.5) is 5.82 Å². The number of hydrogen-bond donors (Lipinski definition) is 4. The highest BCUT2D eigenvalue weighted by Crippen LogP contribution is 2.34. The Hall–Kier alpha value is -1.87. The highest BCUT2D eigenvalue weighted by molar-refractivity contribution is 7.16. The van der Waals surface area contributed by atoms with Gasteiger partial charge in [-0.05, 0) is 56.8 Å². The van der Waals surface area contributed by atoms with Crippen molar-refractivity contribution in [1.29, 1.82) is 0 Å². The van der Waals surface area contributed by atoms with Crippen LogP contribution in [0.2, 0.25) is 9.36 Å². The molecule has 3 atom stereocenters. The Morgan fingerprint density at radius 3 is 2.83 bits per heavy atom. The quantitative estimate of drug-likeness (QED) is 0.498. The number of aromatic nitrogens is 1. The van der Waals surface area contributed by atoms with Crippen molar-refractivity contribution in [3.8, 4) is 0 Å². The van der Waals surface area contributed by atoms with Crippen LogP contribution in [0, 0.1) is 12.8 Å². The van der Waals surface area contributed by atoms with Gasteiger partial charge in [0.2, 0.25) is 11.8 Å². The number of nitrogens with two attached hydrogens (primary N) is 1. The molecule has 2 aromatic heterocycles. The number of nitrogens with zero attached hydrogens (tertiary/aromatic N) is 1. The summed E-state index contributed by atoms with van der Waals surface area (Å²) in [5.74, 6) is 0.331. The number of nitrogen functional groups attached to an aromatic ring is 1. The van der Waals surface area contributed by atoms with Gasteiger partial charge in [-0.2, -0.15) is 0 Å². The fraction of sp³-hybridized carbons (Fsp3) is 0.450. The number of hydrogen-bond acceptors (Lipinski definition) is 6. The molecule has 2 aromatic rings. The summed E-state index contributed by atoms with van der Waals surface area (Å²) in [5, 5.41) is 9.42. The van der Waals surface area contributed by atoms with Crippen LogP contribution in [-0.4, -0.2) is 35.4 Å². The third kappa shape index (κ3) is 5.85. The molecule has 0 saturated carbocycles. The van der Waals surface area contributed by atoms with Crippen LogP contribution < -0.4 is 21.7 Å². The number of pyridine rings is 1. The fourth-order valence-electron chi connectivity index (χ4n) is 3.45. The van der Waals surface area contributed by atoms with Gasteiger partial charge in [0, 0.05) is 17.1 Å². The zero-order chi connectivity index (χ0) is 21.8. The van der Waals surface area contributed by atoms with E-state index in [2.05, 4.69) is 20.9 Å². The van der Waals surface area contributed by atoms with Crippen LogP contribution in [0.15, 0.2) is 18.2 Å². The van der Waals surface area contributed by atoms with E-state index in [1.807, 2.05) is 19.1 Å². The molecule has 3 rings (SSSR count). The Balaban J connectivity index is 1.45. The Labute approximate surface area is 189 Å². The summed E-state index contributed by atoms with van der Waals surface area (Å²) < 4.78 is 0.594. The second-order valence-corrected chi connectivity index (χ2v) is 9.68. The molecule has 5 N–H and O–H groups in total. The topological polar surface area (TPSA) is 109 Å². The predicted molar refractivity (Wildman–Crippen MR) is 121 cm³/mol. The van der Waals surface area contributed by atoms with Crippen molar-refractivity contribution in [3.63, 3.8) is 0 Å². The van der Waals surface area contributed by atoms with Crippen molar-refractivity contribution >= 4 is 52.2 Å². The highest BCUT2D eigenvalue weighted by Gasteiger charge is 2.31. The number of amides is 2. The van der Waals surface area contributed by atoms with Crippen LogP contribution in [0.25, 0.3) is 0 Å². The molecule has 1 unspecified atom stereocenters. The Bertz CT molecular complexity index is 916. The average Bonchev–Trinajstić information content (AvgIpc) is 3.27. The van der Waals surface area contributed by atoms with Gasteiger partial charge in [-0.3, -0.25) is 9.59 Å². The lowest BCUT2D eigenvalue weighted by Crippen LogP contribution is -2.50. The third-order valence-electron chi connectivity index (χ3n) is 5.15. The molecule has 3 heterocycles. The lowest BCUT2D eigenvalue weighted by molar-refractivity contribution is -0.129. The third-order valence-corrected chi connectivity index (χ3v) is 7.03. The molecular weight excluding hydrogens is 445 g/mol. The summed E-state index contributed by atoms with van der Waals surface area (Å²) in [5.41, 5.74) is 7.29. The van der Waals surface area contributed by atoms with Crippen LogP contribution >= 0.6 is 34.5 Å². The lowest BCUT2D eigenvalue weighted by Gasteiger charge is -2.17. The van der Waals surface area contributed by atoms with Crippen molar-refractivity contribution in [2.24, 2.45) is 5.92 Å². The highest BCUT2D eigenvalue weighted by atomic mass is 35.5. The molecular formula is C20H25Cl2N5O2S. The van der Waals surface area contributed by atoms with E-state index in [4.69, 9.17) is 28.9 Å². The number of rotatable bonds is 7. The van der Waals surface area contributed by atoms with Crippen LogP contribution in [0.5, 0.6) is 0 Å². The molecule has 1 fully saturated rings. The first-order chi connectivity index (χ1) is 14.2. The summed E-state index contributed by atoms with van der Waals surface area (Å²) in [6.45, 7) is 4.57. The molecule has 0 spiro atoms. The first kappa shape index (κ1) is 22.8. The zero-order valence-corrected chi connectivity index (χ0v) is 19.1. The molecule has 0 radical (unpaired) electrons.